The lowest BCUT2D eigenvalue weighted by Gasteiger charge is -2.29. The molecule has 0 saturated carbocycles. The van der Waals surface area contributed by atoms with Crippen LogP contribution in [0.5, 0.6) is 0 Å². The summed E-state index contributed by atoms with van der Waals surface area (Å²) in [6, 6.07) is 5.98. The number of hydrogen-bond donors (Lipinski definition) is 2. The fourth-order valence-electron chi connectivity index (χ4n) is 4.13. The first-order valence-corrected chi connectivity index (χ1v) is 11.5. The normalized spacial score (nSPS) is 14.6. The molecule has 3 N–H and O–H groups in total. The standard InChI is InChI=1S/C23H24F4N4OS/c1-13-11-15(23(25,26)27)18-19(28)20(33-22(18)30-13)21(32)29-8-7-14-5-6-17(16(24)12-14)31-9-3-2-4-10-31/h5-6,11-12H,2-4,7-10,28H2,1H3,(H,29,32). The van der Waals surface area contributed by atoms with Gasteiger partial charge in [0.05, 0.1) is 16.9 Å². The second-order valence-corrected chi connectivity index (χ2v) is 9.17. The molecule has 1 saturated heterocycles. The van der Waals surface area contributed by atoms with Crippen LogP contribution in [0, 0.1) is 12.7 Å². The zero-order chi connectivity index (χ0) is 23.8. The summed E-state index contributed by atoms with van der Waals surface area (Å²) in [5.41, 5.74) is 6.30. The molecule has 1 amide bonds. The van der Waals surface area contributed by atoms with Crippen molar-refractivity contribution in [2.75, 3.05) is 30.3 Å². The average Bonchev–Trinajstić information content (AvgIpc) is 3.09. The summed E-state index contributed by atoms with van der Waals surface area (Å²) in [6.45, 7) is 3.33. The van der Waals surface area contributed by atoms with Crippen LogP contribution in [0.15, 0.2) is 24.3 Å². The van der Waals surface area contributed by atoms with E-state index in [1.807, 2.05) is 11.0 Å². The molecule has 1 fully saturated rings. The highest BCUT2D eigenvalue weighted by molar-refractivity contribution is 7.21. The minimum absolute atomic E-state index is 0.0137. The van der Waals surface area contributed by atoms with Gasteiger partial charge in [0.25, 0.3) is 5.91 Å². The van der Waals surface area contributed by atoms with Crippen molar-refractivity contribution in [1.29, 1.82) is 0 Å². The second kappa shape index (κ2) is 9.17. The fraction of sp³-hybridized carbons (Fsp3) is 0.391. The van der Waals surface area contributed by atoms with Crippen molar-refractivity contribution in [3.63, 3.8) is 0 Å². The first-order valence-electron chi connectivity index (χ1n) is 10.7. The molecular formula is C23H24F4N4OS. The molecule has 0 unspecified atom stereocenters. The van der Waals surface area contributed by atoms with E-state index in [4.69, 9.17) is 5.73 Å². The van der Waals surface area contributed by atoms with Crippen molar-refractivity contribution in [3.8, 4) is 0 Å². The Balaban J connectivity index is 1.45. The van der Waals surface area contributed by atoms with E-state index >= 15 is 0 Å². The third-order valence-electron chi connectivity index (χ3n) is 5.75. The molecule has 0 atom stereocenters. The first-order chi connectivity index (χ1) is 15.6. The van der Waals surface area contributed by atoms with Crippen molar-refractivity contribution in [3.05, 3.63) is 51.8 Å². The number of piperidine rings is 1. The van der Waals surface area contributed by atoms with Gasteiger partial charge in [-0.3, -0.25) is 4.79 Å². The molecule has 10 heteroatoms. The van der Waals surface area contributed by atoms with Gasteiger partial charge in [-0.15, -0.1) is 11.3 Å². The summed E-state index contributed by atoms with van der Waals surface area (Å²) in [4.78, 5) is 18.8. The Hall–Kier alpha value is -2.88. The van der Waals surface area contributed by atoms with Crippen LogP contribution in [-0.2, 0) is 12.6 Å². The average molecular weight is 481 g/mol. The number of nitrogens with two attached hydrogens (primary N) is 1. The maximum Gasteiger partial charge on any atom is 0.417 e. The zero-order valence-corrected chi connectivity index (χ0v) is 18.9. The number of pyridine rings is 1. The summed E-state index contributed by atoms with van der Waals surface area (Å²) in [7, 11) is 0. The number of rotatable bonds is 5. The largest absolute Gasteiger partial charge is 0.417 e. The number of carbonyl (C=O) groups excluding carboxylic acids is 1. The maximum absolute atomic E-state index is 14.6. The molecule has 1 aliphatic heterocycles. The number of anilines is 2. The number of benzene rings is 1. The van der Waals surface area contributed by atoms with Crippen LogP contribution in [0.3, 0.4) is 0 Å². The number of nitrogens with zero attached hydrogens (tertiary/aromatic N) is 2. The highest BCUT2D eigenvalue weighted by Crippen LogP contribution is 2.42. The van der Waals surface area contributed by atoms with Crippen molar-refractivity contribution in [2.24, 2.45) is 0 Å². The van der Waals surface area contributed by atoms with E-state index in [1.54, 1.807) is 6.07 Å². The SMILES string of the molecule is Cc1cc(C(F)(F)F)c2c(N)c(C(=O)NCCc3ccc(N4CCCCC4)c(F)c3)sc2n1. The summed E-state index contributed by atoms with van der Waals surface area (Å²) < 4.78 is 54.9. The van der Waals surface area contributed by atoms with Gasteiger partial charge in [0.2, 0.25) is 0 Å². The minimum atomic E-state index is -4.61. The van der Waals surface area contributed by atoms with Crippen molar-refractivity contribution in [2.45, 2.75) is 38.8 Å². The van der Waals surface area contributed by atoms with Crippen LogP contribution in [-0.4, -0.2) is 30.5 Å². The number of halogens is 4. The molecular weight excluding hydrogens is 456 g/mol. The van der Waals surface area contributed by atoms with Crippen LogP contribution < -0.4 is 16.0 Å². The van der Waals surface area contributed by atoms with Gasteiger partial charge in [0.15, 0.2) is 0 Å². The topological polar surface area (TPSA) is 71.2 Å². The van der Waals surface area contributed by atoms with Gasteiger partial charge >= 0.3 is 6.18 Å². The number of alkyl halides is 3. The van der Waals surface area contributed by atoms with Crippen LogP contribution in [0.1, 0.15) is 45.8 Å². The fourth-order valence-corrected chi connectivity index (χ4v) is 5.22. The van der Waals surface area contributed by atoms with Crippen molar-refractivity contribution >= 4 is 38.8 Å². The summed E-state index contributed by atoms with van der Waals surface area (Å²) in [5, 5.41) is 2.42. The van der Waals surface area contributed by atoms with E-state index in [2.05, 4.69) is 10.3 Å². The van der Waals surface area contributed by atoms with Gasteiger partial charge in [-0.05, 0) is 56.4 Å². The maximum atomic E-state index is 14.6. The Bertz CT molecular complexity index is 1190. The summed E-state index contributed by atoms with van der Waals surface area (Å²) in [5.74, 6) is -0.873. The molecule has 1 aliphatic rings. The quantitative estimate of drug-likeness (QED) is 0.486. The summed E-state index contributed by atoms with van der Waals surface area (Å²) in [6.07, 6.45) is -0.979. The van der Waals surface area contributed by atoms with E-state index in [0.29, 0.717) is 12.1 Å². The van der Waals surface area contributed by atoms with Crippen LogP contribution >= 0.6 is 11.3 Å². The lowest BCUT2D eigenvalue weighted by atomic mass is 10.1. The molecule has 1 aromatic carbocycles. The molecule has 33 heavy (non-hydrogen) atoms. The van der Waals surface area contributed by atoms with Crippen molar-refractivity contribution in [1.82, 2.24) is 10.3 Å². The molecule has 0 bridgehead atoms. The zero-order valence-electron chi connectivity index (χ0n) is 18.1. The van der Waals surface area contributed by atoms with Gasteiger partial charge in [-0.1, -0.05) is 6.07 Å². The monoisotopic (exact) mass is 480 g/mol. The van der Waals surface area contributed by atoms with Crippen molar-refractivity contribution < 1.29 is 22.4 Å². The number of carbonyl (C=O) groups is 1. The Kier molecular flexibility index (Phi) is 6.47. The third-order valence-corrected chi connectivity index (χ3v) is 6.84. The highest BCUT2D eigenvalue weighted by atomic mass is 32.1. The number of fused-ring (bicyclic) bond motifs is 1. The Morgan fingerprint density at radius 1 is 1.21 bits per heavy atom. The van der Waals surface area contributed by atoms with E-state index in [-0.39, 0.29) is 38.8 Å². The van der Waals surface area contributed by atoms with E-state index in [1.165, 1.54) is 13.0 Å². The van der Waals surface area contributed by atoms with E-state index in [0.717, 1.165) is 55.3 Å². The Morgan fingerprint density at radius 2 is 1.94 bits per heavy atom. The molecule has 176 valence electrons. The molecule has 3 heterocycles. The predicted octanol–water partition coefficient (Wildman–Crippen LogP) is 5.31. The number of aryl methyl sites for hydroxylation is 1. The molecule has 0 aliphatic carbocycles. The highest BCUT2D eigenvalue weighted by Gasteiger charge is 2.35. The molecule has 2 aromatic heterocycles. The number of thiophene rings is 1. The molecule has 3 aromatic rings. The Labute approximate surface area is 192 Å². The number of amides is 1. The predicted molar refractivity (Wildman–Crippen MR) is 122 cm³/mol. The van der Waals surface area contributed by atoms with Gasteiger partial charge in [0, 0.05) is 30.7 Å². The third kappa shape index (κ3) is 4.90. The van der Waals surface area contributed by atoms with E-state index in [9.17, 15) is 22.4 Å². The Morgan fingerprint density at radius 3 is 2.61 bits per heavy atom. The lowest BCUT2D eigenvalue weighted by molar-refractivity contribution is -0.136. The van der Waals surface area contributed by atoms with Crippen LogP contribution in [0.2, 0.25) is 0 Å². The summed E-state index contributed by atoms with van der Waals surface area (Å²) >= 11 is 0.829. The molecule has 4 rings (SSSR count). The van der Waals surface area contributed by atoms with Crippen LogP contribution in [0.4, 0.5) is 28.9 Å². The van der Waals surface area contributed by atoms with Gasteiger partial charge in [-0.25, -0.2) is 9.37 Å². The smallest absolute Gasteiger partial charge is 0.397 e. The van der Waals surface area contributed by atoms with Gasteiger partial charge in [-0.2, -0.15) is 13.2 Å². The van der Waals surface area contributed by atoms with Crippen LogP contribution in [0.25, 0.3) is 10.2 Å². The van der Waals surface area contributed by atoms with Gasteiger partial charge in [0.1, 0.15) is 15.5 Å². The second-order valence-electron chi connectivity index (χ2n) is 8.17. The molecule has 0 radical (unpaired) electrons. The first kappa shape index (κ1) is 23.3. The number of nitrogen functional groups attached to an aromatic ring is 1. The molecule has 0 spiro atoms. The molecule has 5 nitrogen and oxygen atoms in total. The number of aromatic nitrogens is 1. The van der Waals surface area contributed by atoms with Gasteiger partial charge < -0.3 is 16.0 Å². The number of hydrogen-bond acceptors (Lipinski definition) is 5. The van der Waals surface area contributed by atoms with E-state index < -0.39 is 17.6 Å². The number of nitrogens with one attached hydrogen (secondary N) is 1. The minimum Gasteiger partial charge on any atom is -0.397 e. The lowest BCUT2D eigenvalue weighted by Crippen LogP contribution is -2.30.